The lowest BCUT2D eigenvalue weighted by Gasteiger charge is -2.25. The molecule has 1 aromatic rings. The van der Waals surface area contributed by atoms with Crippen LogP contribution in [0.1, 0.15) is 29.8 Å². The van der Waals surface area contributed by atoms with E-state index >= 15 is 0 Å². The third-order valence-electron chi connectivity index (χ3n) is 2.88. The summed E-state index contributed by atoms with van der Waals surface area (Å²) in [5.74, 6) is -0.830. The van der Waals surface area contributed by atoms with Gasteiger partial charge in [0.2, 0.25) is 5.69 Å². The predicted octanol–water partition coefficient (Wildman–Crippen LogP) is 0.953. The molecule has 1 aromatic heterocycles. The number of methoxy groups -OCH3 is 1. The van der Waals surface area contributed by atoms with Crippen molar-refractivity contribution in [1.29, 1.82) is 0 Å². The molecule has 2 heterocycles. The molecule has 98 valence electrons. The minimum atomic E-state index is -0.660. The molecule has 1 N–H and O–H groups in total. The lowest BCUT2D eigenvalue weighted by Crippen LogP contribution is -2.36. The fraction of sp³-hybridized carbons (Fsp3) is 0.600. The topological polar surface area (TPSA) is 101 Å². The maximum Gasteiger partial charge on any atom is 0.389 e. The Morgan fingerprint density at radius 2 is 2.11 bits per heavy atom. The number of imidazole rings is 1. The number of nitro groups is 1. The number of rotatable bonds is 3. The second-order valence-corrected chi connectivity index (χ2v) is 4.05. The van der Waals surface area contributed by atoms with Gasteiger partial charge in [0.1, 0.15) is 0 Å². The first-order valence-corrected chi connectivity index (χ1v) is 5.71. The van der Waals surface area contributed by atoms with E-state index in [4.69, 9.17) is 4.74 Å². The van der Waals surface area contributed by atoms with Gasteiger partial charge in [-0.3, -0.25) is 4.79 Å². The van der Waals surface area contributed by atoms with Gasteiger partial charge in [0.15, 0.2) is 0 Å². The number of H-pyrrole nitrogens is 1. The number of nitrogens with zero attached hydrogens (tertiary/aromatic N) is 3. The molecular weight excluding hydrogens is 240 g/mol. The first-order valence-electron chi connectivity index (χ1n) is 5.71. The molecule has 1 aliphatic rings. The van der Waals surface area contributed by atoms with Gasteiger partial charge in [-0.1, -0.05) is 0 Å². The van der Waals surface area contributed by atoms with Gasteiger partial charge in [-0.15, -0.1) is 0 Å². The van der Waals surface area contributed by atoms with Crippen molar-refractivity contribution >= 4 is 11.7 Å². The Morgan fingerprint density at radius 1 is 1.44 bits per heavy atom. The molecule has 0 aromatic carbocycles. The molecule has 0 atom stereocenters. The van der Waals surface area contributed by atoms with E-state index in [1.165, 1.54) is 7.11 Å². The van der Waals surface area contributed by atoms with E-state index in [1.807, 2.05) is 0 Å². The number of likely N-dealkylation sites (tertiary alicyclic amines) is 1. The van der Waals surface area contributed by atoms with Crippen molar-refractivity contribution in [1.82, 2.24) is 14.9 Å². The SMILES string of the molecule is COc1nc(C(=O)N2CCCCC2)c([N+](=O)[O-])[nH]1. The largest absolute Gasteiger partial charge is 0.451 e. The standard InChI is InChI=1S/C10H14N4O4/c1-18-10-11-7(8(12-10)14(16)17)9(15)13-5-3-2-4-6-13/h2-6H2,1H3,(H,11,12). The summed E-state index contributed by atoms with van der Waals surface area (Å²) in [5, 5.41) is 10.8. The fourth-order valence-electron chi connectivity index (χ4n) is 1.97. The van der Waals surface area contributed by atoms with Gasteiger partial charge in [-0.25, -0.2) is 0 Å². The Bertz CT molecular complexity index is 464. The summed E-state index contributed by atoms with van der Waals surface area (Å²) in [6, 6.07) is -0.0259. The van der Waals surface area contributed by atoms with Crippen molar-refractivity contribution in [2.75, 3.05) is 20.2 Å². The third-order valence-corrected chi connectivity index (χ3v) is 2.88. The molecule has 1 amide bonds. The molecule has 0 bridgehead atoms. The Morgan fingerprint density at radius 3 is 2.67 bits per heavy atom. The second-order valence-electron chi connectivity index (χ2n) is 4.05. The number of hydrogen-bond acceptors (Lipinski definition) is 5. The number of nitrogens with one attached hydrogen (secondary N) is 1. The van der Waals surface area contributed by atoms with Gasteiger partial charge in [0, 0.05) is 13.1 Å². The third kappa shape index (κ3) is 2.27. The van der Waals surface area contributed by atoms with E-state index in [0.717, 1.165) is 19.3 Å². The van der Waals surface area contributed by atoms with Crippen molar-refractivity contribution in [2.24, 2.45) is 0 Å². The Hall–Kier alpha value is -2.12. The fourth-order valence-corrected chi connectivity index (χ4v) is 1.97. The number of carbonyl (C=O) groups excluding carboxylic acids is 1. The summed E-state index contributed by atoms with van der Waals surface area (Å²) in [6.07, 6.45) is 2.91. The van der Waals surface area contributed by atoms with Crippen LogP contribution in [0.2, 0.25) is 0 Å². The van der Waals surface area contributed by atoms with Crippen LogP contribution in [0.25, 0.3) is 0 Å². The molecule has 1 aliphatic heterocycles. The van der Waals surface area contributed by atoms with Crippen LogP contribution >= 0.6 is 0 Å². The molecule has 0 radical (unpaired) electrons. The van der Waals surface area contributed by atoms with Gasteiger partial charge >= 0.3 is 11.8 Å². The highest BCUT2D eigenvalue weighted by Gasteiger charge is 2.30. The van der Waals surface area contributed by atoms with E-state index in [9.17, 15) is 14.9 Å². The average molecular weight is 254 g/mol. The number of aromatic nitrogens is 2. The Labute approximate surface area is 103 Å². The van der Waals surface area contributed by atoms with Gasteiger partial charge in [-0.05, 0) is 24.2 Å². The van der Waals surface area contributed by atoms with Crippen LogP contribution in [-0.2, 0) is 0 Å². The summed E-state index contributed by atoms with van der Waals surface area (Å²) in [4.78, 5) is 30.1. The molecule has 0 aliphatic carbocycles. The minimum absolute atomic E-state index is 0.0259. The Kier molecular flexibility index (Phi) is 3.45. The number of carbonyl (C=O) groups is 1. The smallest absolute Gasteiger partial charge is 0.389 e. The Balaban J connectivity index is 2.27. The molecular formula is C10H14N4O4. The summed E-state index contributed by atoms with van der Waals surface area (Å²) in [7, 11) is 1.33. The van der Waals surface area contributed by atoms with Crippen LogP contribution < -0.4 is 4.74 Å². The van der Waals surface area contributed by atoms with E-state index in [1.54, 1.807) is 4.90 Å². The predicted molar refractivity (Wildman–Crippen MR) is 61.5 cm³/mol. The lowest BCUT2D eigenvalue weighted by atomic mass is 10.1. The van der Waals surface area contributed by atoms with Crippen molar-refractivity contribution in [2.45, 2.75) is 19.3 Å². The lowest BCUT2D eigenvalue weighted by molar-refractivity contribution is -0.389. The van der Waals surface area contributed by atoms with Crippen LogP contribution in [0.15, 0.2) is 0 Å². The van der Waals surface area contributed by atoms with Crippen molar-refractivity contribution in [3.05, 3.63) is 15.8 Å². The van der Waals surface area contributed by atoms with Crippen molar-refractivity contribution in [3.8, 4) is 6.01 Å². The van der Waals surface area contributed by atoms with Crippen LogP contribution in [-0.4, -0.2) is 45.9 Å². The highest BCUT2D eigenvalue weighted by atomic mass is 16.6. The molecule has 1 fully saturated rings. The molecule has 0 spiro atoms. The zero-order chi connectivity index (χ0) is 13.1. The molecule has 8 heteroatoms. The number of amides is 1. The summed E-state index contributed by atoms with van der Waals surface area (Å²) < 4.78 is 4.78. The summed E-state index contributed by atoms with van der Waals surface area (Å²) >= 11 is 0. The van der Waals surface area contributed by atoms with Crippen LogP contribution in [0.4, 0.5) is 5.82 Å². The molecule has 8 nitrogen and oxygen atoms in total. The molecule has 18 heavy (non-hydrogen) atoms. The first kappa shape index (κ1) is 12.3. The van der Waals surface area contributed by atoms with E-state index < -0.39 is 16.6 Å². The van der Waals surface area contributed by atoms with Crippen LogP contribution in [0.5, 0.6) is 6.01 Å². The van der Waals surface area contributed by atoms with Crippen LogP contribution in [0, 0.1) is 10.1 Å². The molecule has 2 rings (SSSR count). The zero-order valence-corrected chi connectivity index (χ0v) is 10.0. The number of piperidine rings is 1. The average Bonchev–Trinajstić information content (AvgIpc) is 2.83. The number of aromatic amines is 1. The maximum atomic E-state index is 12.1. The molecule has 0 saturated carbocycles. The molecule has 1 saturated heterocycles. The monoisotopic (exact) mass is 254 g/mol. The number of ether oxygens (including phenoxy) is 1. The first-order chi connectivity index (χ1) is 8.63. The van der Waals surface area contributed by atoms with Gasteiger partial charge < -0.3 is 19.8 Å². The van der Waals surface area contributed by atoms with Crippen molar-refractivity contribution < 1.29 is 14.5 Å². The van der Waals surface area contributed by atoms with E-state index in [2.05, 4.69) is 9.97 Å². The highest BCUT2D eigenvalue weighted by Crippen LogP contribution is 2.22. The summed E-state index contributed by atoms with van der Waals surface area (Å²) in [5.41, 5.74) is -0.182. The van der Waals surface area contributed by atoms with Crippen LogP contribution in [0.3, 0.4) is 0 Å². The number of hydrogen-bond donors (Lipinski definition) is 1. The minimum Gasteiger partial charge on any atom is -0.451 e. The van der Waals surface area contributed by atoms with E-state index in [0.29, 0.717) is 13.1 Å². The second kappa shape index (κ2) is 5.03. The van der Waals surface area contributed by atoms with Crippen molar-refractivity contribution in [3.63, 3.8) is 0 Å². The quantitative estimate of drug-likeness (QED) is 0.639. The molecule has 0 unspecified atom stereocenters. The summed E-state index contributed by atoms with van der Waals surface area (Å²) in [6.45, 7) is 1.23. The van der Waals surface area contributed by atoms with Gasteiger partial charge in [0.25, 0.3) is 5.91 Å². The van der Waals surface area contributed by atoms with Gasteiger partial charge in [-0.2, -0.15) is 9.97 Å². The highest BCUT2D eigenvalue weighted by molar-refractivity contribution is 5.95. The zero-order valence-electron chi connectivity index (χ0n) is 10.0. The normalized spacial score (nSPS) is 15.5. The maximum absolute atomic E-state index is 12.1. The van der Waals surface area contributed by atoms with Gasteiger partial charge in [0.05, 0.1) is 7.11 Å². The van der Waals surface area contributed by atoms with E-state index in [-0.39, 0.29) is 11.7 Å².